The van der Waals surface area contributed by atoms with Gasteiger partial charge in [-0.2, -0.15) is 0 Å². The van der Waals surface area contributed by atoms with Crippen molar-refractivity contribution in [2.24, 2.45) is 0 Å². The van der Waals surface area contributed by atoms with Crippen LogP contribution >= 0.6 is 15.9 Å². The Bertz CT molecular complexity index is 1090. The maximum absolute atomic E-state index is 13.6. The van der Waals surface area contributed by atoms with Gasteiger partial charge in [0.1, 0.15) is 12.6 Å². The molecule has 0 spiro atoms. The van der Waals surface area contributed by atoms with Crippen molar-refractivity contribution < 1.29 is 18.0 Å². The number of carbonyl (C=O) groups excluding carboxylic acids is 2. The molecule has 0 bridgehead atoms. The van der Waals surface area contributed by atoms with Crippen molar-refractivity contribution in [3.8, 4) is 0 Å². The first-order valence-electron chi connectivity index (χ1n) is 11.4. The molecule has 2 rings (SSSR count). The van der Waals surface area contributed by atoms with Crippen molar-refractivity contribution >= 4 is 43.5 Å². The third-order valence-corrected chi connectivity index (χ3v) is 7.41. The van der Waals surface area contributed by atoms with E-state index in [9.17, 15) is 18.0 Å². The number of amides is 2. The number of anilines is 1. The van der Waals surface area contributed by atoms with E-state index < -0.39 is 28.5 Å². The van der Waals surface area contributed by atoms with Gasteiger partial charge >= 0.3 is 0 Å². The summed E-state index contributed by atoms with van der Waals surface area (Å²) in [5.41, 5.74) is 2.13. The number of aryl methyl sites for hydroxylation is 1. The Morgan fingerprint density at radius 2 is 1.65 bits per heavy atom. The van der Waals surface area contributed by atoms with Crippen molar-refractivity contribution in [1.29, 1.82) is 0 Å². The molecule has 2 aromatic rings. The number of nitrogens with one attached hydrogen (secondary N) is 1. The Kier molecular flexibility index (Phi) is 10.1. The molecular weight excluding hydrogens is 518 g/mol. The number of benzene rings is 2. The Morgan fingerprint density at radius 1 is 1.03 bits per heavy atom. The van der Waals surface area contributed by atoms with E-state index in [1.807, 2.05) is 57.2 Å². The molecule has 0 saturated carbocycles. The zero-order valence-electron chi connectivity index (χ0n) is 20.4. The van der Waals surface area contributed by atoms with E-state index in [4.69, 9.17) is 0 Å². The topological polar surface area (TPSA) is 86.8 Å². The van der Waals surface area contributed by atoms with Crippen LogP contribution in [0.15, 0.2) is 53.0 Å². The number of carbonyl (C=O) groups is 2. The van der Waals surface area contributed by atoms with Crippen LogP contribution in [0, 0.1) is 0 Å². The van der Waals surface area contributed by atoms with E-state index in [0.717, 1.165) is 32.6 Å². The lowest BCUT2D eigenvalue weighted by Crippen LogP contribution is -2.52. The van der Waals surface area contributed by atoms with Crippen LogP contribution in [-0.4, -0.2) is 50.0 Å². The molecule has 186 valence electrons. The van der Waals surface area contributed by atoms with Gasteiger partial charge in [0.15, 0.2) is 0 Å². The Hall–Kier alpha value is -2.39. The second-order valence-corrected chi connectivity index (χ2v) is 11.2. The molecule has 0 unspecified atom stereocenters. The van der Waals surface area contributed by atoms with Crippen LogP contribution in [0.2, 0.25) is 0 Å². The lowest BCUT2D eigenvalue weighted by Gasteiger charge is -2.32. The number of hydrogen-bond acceptors (Lipinski definition) is 4. The summed E-state index contributed by atoms with van der Waals surface area (Å²) in [5.74, 6) is -0.731. The molecule has 2 atom stereocenters. The SMILES string of the molecule is CCc1ccccc1N(CC(=O)N(Cc1ccc(Br)cc1)[C@@H](C)C(=O)N[C@H](C)CC)S(C)(=O)=O. The summed E-state index contributed by atoms with van der Waals surface area (Å²) in [4.78, 5) is 27.9. The second kappa shape index (κ2) is 12.4. The molecule has 0 aliphatic carbocycles. The highest BCUT2D eigenvalue weighted by molar-refractivity contribution is 9.10. The molecule has 0 fully saturated rings. The third-order valence-electron chi connectivity index (χ3n) is 5.75. The Balaban J connectivity index is 2.41. The predicted molar refractivity (Wildman–Crippen MR) is 140 cm³/mol. The largest absolute Gasteiger partial charge is 0.352 e. The standard InChI is InChI=1S/C25H34BrN3O4S/c1-6-18(3)27-25(31)19(4)28(16-20-12-14-22(26)15-13-20)24(30)17-29(34(5,32)33)23-11-9-8-10-21(23)7-2/h8-15,18-19H,6-7,16-17H2,1-5H3,(H,27,31)/t18-,19+/m1/s1. The summed E-state index contributed by atoms with van der Waals surface area (Å²) >= 11 is 3.40. The molecule has 0 heterocycles. The van der Waals surface area contributed by atoms with Gasteiger partial charge in [-0.1, -0.05) is 60.1 Å². The number of halogens is 1. The van der Waals surface area contributed by atoms with Gasteiger partial charge in [0.2, 0.25) is 21.8 Å². The fourth-order valence-electron chi connectivity index (χ4n) is 3.48. The van der Waals surface area contributed by atoms with E-state index >= 15 is 0 Å². The zero-order valence-corrected chi connectivity index (χ0v) is 22.8. The first kappa shape index (κ1) is 27.9. The van der Waals surface area contributed by atoms with Crippen LogP contribution in [0.25, 0.3) is 0 Å². The minimum absolute atomic E-state index is 0.0384. The number of hydrogen-bond donors (Lipinski definition) is 1. The number of para-hydroxylation sites is 1. The van der Waals surface area contributed by atoms with E-state index in [2.05, 4.69) is 21.2 Å². The smallest absolute Gasteiger partial charge is 0.244 e. The summed E-state index contributed by atoms with van der Waals surface area (Å²) < 4.78 is 27.5. The molecule has 0 aromatic heterocycles. The van der Waals surface area contributed by atoms with Crippen LogP contribution in [0.3, 0.4) is 0 Å². The average molecular weight is 553 g/mol. The lowest BCUT2D eigenvalue weighted by molar-refractivity contribution is -0.139. The minimum Gasteiger partial charge on any atom is -0.352 e. The number of rotatable bonds is 11. The highest BCUT2D eigenvalue weighted by Gasteiger charge is 2.31. The average Bonchev–Trinajstić information content (AvgIpc) is 2.80. The van der Waals surface area contributed by atoms with Gasteiger partial charge in [0.05, 0.1) is 11.9 Å². The molecule has 2 aromatic carbocycles. The molecule has 0 saturated heterocycles. The van der Waals surface area contributed by atoms with Crippen molar-refractivity contribution in [2.45, 2.75) is 59.2 Å². The molecule has 34 heavy (non-hydrogen) atoms. The van der Waals surface area contributed by atoms with Crippen molar-refractivity contribution in [3.63, 3.8) is 0 Å². The van der Waals surface area contributed by atoms with E-state index in [1.54, 1.807) is 19.1 Å². The maximum Gasteiger partial charge on any atom is 0.244 e. The second-order valence-electron chi connectivity index (χ2n) is 8.39. The van der Waals surface area contributed by atoms with Crippen LogP contribution < -0.4 is 9.62 Å². The molecule has 0 aliphatic rings. The van der Waals surface area contributed by atoms with Gasteiger partial charge in [-0.25, -0.2) is 8.42 Å². The van der Waals surface area contributed by atoms with Gasteiger partial charge in [-0.05, 0) is 56.0 Å². The normalized spacial score (nSPS) is 13.1. The van der Waals surface area contributed by atoms with Crippen LogP contribution in [0.1, 0.15) is 45.2 Å². The van der Waals surface area contributed by atoms with Crippen LogP contribution in [0.5, 0.6) is 0 Å². The molecule has 9 heteroatoms. The third kappa shape index (κ3) is 7.56. The first-order chi connectivity index (χ1) is 16.0. The van der Waals surface area contributed by atoms with Crippen molar-refractivity contribution in [2.75, 3.05) is 17.1 Å². The molecule has 0 aliphatic heterocycles. The van der Waals surface area contributed by atoms with Gasteiger partial charge in [0, 0.05) is 17.1 Å². The summed E-state index contributed by atoms with van der Waals surface area (Å²) in [5, 5.41) is 2.92. The molecule has 0 radical (unpaired) electrons. The molecular formula is C25H34BrN3O4S. The Labute approximate surface area is 211 Å². The molecule has 2 amide bonds. The number of nitrogens with zero attached hydrogens (tertiary/aromatic N) is 2. The van der Waals surface area contributed by atoms with Crippen LogP contribution in [0.4, 0.5) is 5.69 Å². The quantitative estimate of drug-likeness (QED) is 0.455. The van der Waals surface area contributed by atoms with E-state index in [0.29, 0.717) is 12.1 Å². The van der Waals surface area contributed by atoms with Crippen molar-refractivity contribution in [1.82, 2.24) is 10.2 Å². The highest BCUT2D eigenvalue weighted by Crippen LogP contribution is 2.24. The summed E-state index contributed by atoms with van der Waals surface area (Å²) in [6, 6.07) is 13.8. The Morgan fingerprint density at radius 3 is 2.21 bits per heavy atom. The maximum atomic E-state index is 13.6. The van der Waals surface area contributed by atoms with Gasteiger partial charge < -0.3 is 10.2 Å². The lowest BCUT2D eigenvalue weighted by atomic mass is 10.1. The first-order valence-corrected chi connectivity index (χ1v) is 14.0. The fraction of sp³-hybridized carbons (Fsp3) is 0.440. The zero-order chi connectivity index (χ0) is 25.5. The van der Waals surface area contributed by atoms with E-state index in [-0.39, 0.29) is 18.5 Å². The predicted octanol–water partition coefficient (Wildman–Crippen LogP) is 4.11. The summed E-state index contributed by atoms with van der Waals surface area (Å²) in [6.45, 7) is 7.25. The number of sulfonamides is 1. The molecule has 1 N–H and O–H groups in total. The monoisotopic (exact) mass is 551 g/mol. The van der Waals surface area contributed by atoms with Crippen molar-refractivity contribution in [3.05, 3.63) is 64.1 Å². The highest BCUT2D eigenvalue weighted by atomic mass is 79.9. The van der Waals surface area contributed by atoms with E-state index in [1.165, 1.54) is 4.90 Å². The summed E-state index contributed by atoms with van der Waals surface area (Å²) in [7, 11) is -3.75. The fourth-order valence-corrected chi connectivity index (χ4v) is 4.63. The van der Waals surface area contributed by atoms with Crippen LogP contribution in [-0.2, 0) is 32.6 Å². The van der Waals surface area contributed by atoms with Gasteiger partial charge in [-0.15, -0.1) is 0 Å². The molecule has 7 nitrogen and oxygen atoms in total. The summed E-state index contributed by atoms with van der Waals surface area (Å²) in [6.07, 6.45) is 2.46. The van der Waals surface area contributed by atoms with Gasteiger partial charge in [0.25, 0.3) is 0 Å². The minimum atomic E-state index is -3.75. The van der Waals surface area contributed by atoms with Gasteiger partial charge in [-0.3, -0.25) is 13.9 Å².